The minimum Gasteiger partial charge on any atom is -0.271 e. The number of fused-ring (bicyclic) bond motifs is 1. The van der Waals surface area contributed by atoms with Crippen LogP contribution in [0.4, 0.5) is 0 Å². The van der Waals surface area contributed by atoms with E-state index in [0.29, 0.717) is 6.04 Å². The molecule has 2 nitrogen and oxygen atoms in total. The second kappa shape index (κ2) is 4.03. The standard InChI is InChI=1S/C12H22N2/c1-8(2)7-11(14-13)12-9-5-3-4-6-10(9)12/h7,9-12,14H,3-6,13H2,1-2H3. The molecule has 0 bridgehead atoms. The highest BCUT2D eigenvalue weighted by Gasteiger charge is 2.53. The first-order valence-corrected chi connectivity index (χ1v) is 5.85. The van der Waals surface area contributed by atoms with Gasteiger partial charge in [-0.2, -0.15) is 0 Å². The van der Waals surface area contributed by atoms with Crippen LogP contribution in [0.15, 0.2) is 11.6 Å². The maximum absolute atomic E-state index is 5.62. The Morgan fingerprint density at radius 1 is 1.29 bits per heavy atom. The molecule has 2 aliphatic carbocycles. The highest BCUT2D eigenvalue weighted by Crippen LogP contribution is 2.57. The SMILES string of the molecule is CC(C)=CC(NN)C1C2CCCCC21. The fourth-order valence-corrected chi connectivity index (χ4v) is 3.21. The molecule has 14 heavy (non-hydrogen) atoms. The summed E-state index contributed by atoms with van der Waals surface area (Å²) < 4.78 is 0. The van der Waals surface area contributed by atoms with Gasteiger partial charge in [-0.3, -0.25) is 11.3 Å². The molecule has 2 rings (SSSR count). The van der Waals surface area contributed by atoms with Gasteiger partial charge in [0.15, 0.2) is 0 Å². The molecule has 80 valence electrons. The molecule has 3 atom stereocenters. The summed E-state index contributed by atoms with van der Waals surface area (Å²) >= 11 is 0. The maximum atomic E-state index is 5.62. The summed E-state index contributed by atoms with van der Waals surface area (Å²) in [7, 11) is 0. The van der Waals surface area contributed by atoms with Crippen molar-refractivity contribution in [2.24, 2.45) is 23.6 Å². The van der Waals surface area contributed by atoms with Crippen molar-refractivity contribution in [3.63, 3.8) is 0 Å². The highest BCUT2D eigenvalue weighted by atomic mass is 15.2. The molecule has 2 heteroatoms. The molecule has 3 N–H and O–H groups in total. The Labute approximate surface area is 86.9 Å². The molecule has 0 aliphatic heterocycles. The van der Waals surface area contributed by atoms with Gasteiger partial charge in [0, 0.05) is 6.04 Å². The van der Waals surface area contributed by atoms with Crippen molar-refractivity contribution in [3.8, 4) is 0 Å². The summed E-state index contributed by atoms with van der Waals surface area (Å²) in [5.41, 5.74) is 4.35. The first kappa shape index (κ1) is 10.2. The Bertz CT molecular complexity index is 218. The lowest BCUT2D eigenvalue weighted by atomic mass is 10.0. The monoisotopic (exact) mass is 194 g/mol. The van der Waals surface area contributed by atoms with E-state index in [0.717, 1.165) is 17.8 Å². The molecule has 3 unspecified atom stereocenters. The number of nitrogens with one attached hydrogen (secondary N) is 1. The largest absolute Gasteiger partial charge is 0.271 e. The van der Waals surface area contributed by atoms with Crippen molar-refractivity contribution in [3.05, 3.63) is 11.6 Å². The van der Waals surface area contributed by atoms with Gasteiger partial charge in [-0.25, -0.2) is 0 Å². The smallest absolute Gasteiger partial charge is 0.0426 e. The average Bonchev–Trinajstić information content (AvgIpc) is 2.88. The van der Waals surface area contributed by atoms with Crippen molar-refractivity contribution in [1.82, 2.24) is 5.43 Å². The van der Waals surface area contributed by atoms with E-state index in [1.165, 1.54) is 31.3 Å². The Morgan fingerprint density at radius 3 is 2.29 bits per heavy atom. The number of hydrogen-bond acceptors (Lipinski definition) is 2. The number of nitrogens with two attached hydrogens (primary N) is 1. The molecule has 0 radical (unpaired) electrons. The van der Waals surface area contributed by atoms with Crippen molar-refractivity contribution in [2.75, 3.05) is 0 Å². The Hall–Kier alpha value is -0.340. The number of hydrazine groups is 1. The van der Waals surface area contributed by atoms with Gasteiger partial charge in [-0.1, -0.05) is 24.5 Å². The van der Waals surface area contributed by atoms with Crippen LogP contribution < -0.4 is 11.3 Å². The molecule has 0 saturated heterocycles. The van der Waals surface area contributed by atoms with Gasteiger partial charge in [-0.15, -0.1) is 0 Å². The van der Waals surface area contributed by atoms with Crippen LogP contribution in [0, 0.1) is 17.8 Å². The molecule has 0 spiro atoms. The third kappa shape index (κ3) is 1.86. The molecule has 0 aromatic heterocycles. The Morgan fingerprint density at radius 2 is 1.86 bits per heavy atom. The van der Waals surface area contributed by atoms with Gasteiger partial charge in [0.1, 0.15) is 0 Å². The third-order valence-corrected chi connectivity index (χ3v) is 3.84. The summed E-state index contributed by atoms with van der Waals surface area (Å²) in [6, 6.07) is 0.424. The van der Waals surface area contributed by atoms with Crippen molar-refractivity contribution in [1.29, 1.82) is 0 Å². The molecule has 2 aliphatic rings. The topological polar surface area (TPSA) is 38.0 Å². The summed E-state index contributed by atoms with van der Waals surface area (Å²) in [6.07, 6.45) is 8.03. The van der Waals surface area contributed by atoms with Gasteiger partial charge in [0.2, 0.25) is 0 Å². The lowest BCUT2D eigenvalue weighted by Gasteiger charge is -2.11. The zero-order valence-corrected chi connectivity index (χ0v) is 9.29. The predicted molar refractivity (Wildman–Crippen MR) is 59.5 cm³/mol. The lowest BCUT2D eigenvalue weighted by Crippen LogP contribution is -2.36. The van der Waals surface area contributed by atoms with Crippen LogP contribution in [0.3, 0.4) is 0 Å². The molecule has 2 saturated carbocycles. The second-order valence-electron chi connectivity index (χ2n) is 5.13. The minimum absolute atomic E-state index is 0.424. The highest BCUT2D eigenvalue weighted by molar-refractivity contribution is 5.12. The number of hydrogen-bond donors (Lipinski definition) is 2. The molecule has 0 heterocycles. The first-order chi connectivity index (χ1) is 6.74. The van der Waals surface area contributed by atoms with Crippen LogP contribution in [-0.2, 0) is 0 Å². The minimum atomic E-state index is 0.424. The van der Waals surface area contributed by atoms with Crippen LogP contribution in [0.1, 0.15) is 39.5 Å². The van der Waals surface area contributed by atoms with Gasteiger partial charge >= 0.3 is 0 Å². The maximum Gasteiger partial charge on any atom is 0.0426 e. The molecular formula is C12H22N2. The summed E-state index contributed by atoms with van der Waals surface area (Å²) in [5, 5.41) is 0. The predicted octanol–water partition coefficient (Wildman–Crippen LogP) is 2.22. The first-order valence-electron chi connectivity index (χ1n) is 5.85. The molecule has 0 aromatic rings. The summed E-state index contributed by atoms with van der Waals surface area (Å²) in [4.78, 5) is 0. The van der Waals surface area contributed by atoms with E-state index in [2.05, 4.69) is 25.3 Å². The Balaban J connectivity index is 1.97. The van der Waals surface area contributed by atoms with Crippen LogP contribution in [-0.4, -0.2) is 6.04 Å². The van der Waals surface area contributed by atoms with Gasteiger partial charge in [-0.05, 0) is 44.4 Å². The number of rotatable bonds is 3. The second-order valence-corrected chi connectivity index (χ2v) is 5.13. The van der Waals surface area contributed by atoms with Gasteiger partial charge < -0.3 is 0 Å². The van der Waals surface area contributed by atoms with Crippen LogP contribution in [0.2, 0.25) is 0 Å². The van der Waals surface area contributed by atoms with E-state index in [4.69, 9.17) is 5.84 Å². The van der Waals surface area contributed by atoms with E-state index >= 15 is 0 Å². The molecule has 2 fully saturated rings. The fraction of sp³-hybridized carbons (Fsp3) is 0.833. The number of allylic oxidation sites excluding steroid dienone is 1. The fourth-order valence-electron chi connectivity index (χ4n) is 3.21. The summed E-state index contributed by atoms with van der Waals surface area (Å²) in [6.45, 7) is 4.30. The van der Waals surface area contributed by atoms with Crippen molar-refractivity contribution < 1.29 is 0 Å². The van der Waals surface area contributed by atoms with Crippen LogP contribution in [0.5, 0.6) is 0 Å². The average molecular weight is 194 g/mol. The quantitative estimate of drug-likeness (QED) is 0.411. The van der Waals surface area contributed by atoms with Gasteiger partial charge in [0.05, 0.1) is 0 Å². The van der Waals surface area contributed by atoms with E-state index in [-0.39, 0.29) is 0 Å². The van der Waals surface area contributed by atoms with Crippen molar-refractivity contribution in [2.45, 2.75) is 45.6 Å². The van der Waals surface area contributed by atoms with Crippen molar-refractivity contribution >= 4 is 0 Å². The van der Waals surface area contributed by atoms with E-state index in [1.54, 1.807) is 0 Å². The van der Waals surface area contributed by atoms with E-state index in [1.807, 2.05) is 0 Å². The molecule has 0 amide bonds. The van der Waals surface area contributed by atoms with Gasteiger partial charge in [0.25, 0.3) is 0 Å². The lowest BCUT2D eigenvalue weighted by molar-refractivity contribution is 0.480. The van der Waals surface area contributed by atoms with Crippen LogP contribution in [0.25, 0.3) is 0 Å². The van der Waals surface area contributed by atoms with E-state index in [9.17, 15) is 0 Å². The molecular weight excluding hydrogens is 172 g/mol. The summed E-state index contributed by atoms with van der Waals surface area (Å²) in [5.74, 6) is 8.40. The third-order valence-electron chi connectivity index (χ3n) is 3.84. The molecule has 0 aromatic carbocycles. The zero-order valence-electron chi connectivity index (χ0n) is 9.29. The zero-order chi connectivity index (χ0) is 10.1. The normalized spacial score (nSPS) is 37.2. The Kier molecular flexibility index (Phi) is 2.93. The van der Waals surface area contributed by atoms with E-state index < -0.39 is 0 Å². The van der Waals surface area contributed by atoms with Crippen LogP contribution >= 0.6 is 0 Å².